The molecule has 0 aromatic carbocycles. The van der Waals surface area contributed by atoms with Crippen LogP contribution in [0.2, 0.25) is 0 Å². The SMILES string of the molecule is COC1CCCC1Nc1cncc2nnnn12. The first-order valence-electron chi connectivity index (χ1n) is 5.70. The monoisotopic (exact) mass is 234 g/mol. The summed E-state index contributed by atoms with van der Waals surface area (Å²) in [5, 5.41) is 14.8. The average molecular weight is 234 g/mol. The van der Waals surface area contributed by atoms with Crippen molar-refractivity contribution in [2.45, 2.75) is 31.4 Å². The summed E-state index contributed by atoms with van der Waals surface area (Å²) in [6.45, 7) is 0. The van der Waals surface area contributed by atoms with Crippen LogP contribution in [0.3, 0.4) is 0 Å². The normalized spacial score (nSPS) is 24.3. The fourth-order valence-corrected chi connectivity index (χ4v) is 2.34. The smallest absolute Gasteiger partial charge is 0.199 e. The van der Waals surface area contributed by atoms with Gasteiger partial charge in [-0.05, 0) is 29.7 Å². The number of anilines is 1. The zero-order chi connectivity index (χ0) is 11.7. The molecule has 2 heterocycles. The number of fused-ring (bicyclic) bond motifs is 1. The second kappa shape index (κ2) is 4.25. The number of aromatic nitrogens is 5. The average Bonchev–Trinajstić information content (AvgIpc) is 2.97. The molecule has 0 spiro atoms. The van der Waals surface area contributed by atoms with Crippen molar-refractivity contribution in [2.75, 3.05) is 12.4 Å². The first-order chi connectivity index (χ1) is 8.38. The quantitative estimate of drug-likeness (QED) is 0.833. The Hall–Kier alpha value is -1.76. The molecule has 1 saturated carbocycles. The van der Waals surface area contributed by atoms with Crippen LogP contribution in [-0.4, -0.2) is 44.3 Å². The number of tetrazole rings is 1. The van der Waals surface area contributed by atoms with Gasteiger partial charge in [0.15, 0.2) is 11.5 Å². The van der Waals surface area contributed by atoms with E-state index in [1.54, 1.807) is 24.0 Å². The largest absolute Gasteiger partial charge is 0.379 e. The summed E-state index contributed by atoms with van der Waals surface area (Å²) in [5.41, 5.74) is 0.641. The van der Waals surface area contributed by atoms with Gasteiger partial charge in [0.25, 0.3) is 0 Å². The number of rotatable bonds is 3. The third-order valence-electron chi connectivity index (χ3n) is 3.20. The van der Waals surface area contributed by atoms with Crippen LogP contribution in [0.5, 0.6) is 0 Å². The lowest BCUT2D eigenvalue weighted by molar-refractivity contribution is 0.101. The highest BCUT2D eigenvalue weighted by molar-refractivity contribution is 5.44. The van der Waals surface area contributed by atoms with E-state index in [9.17, 15) is 0 Å². The molecule has 2 unspecified atom stereocenters. The minimum atomic E-state index is 0.252. The fourth-order valence-electron chi connectivity index (χ4n) is 2.34. The first kappa shape index (κ1) is 10.4. The second-order valence-corrected chi connectivity index (χ2v) is 4.20. The molecule has 1 fully saturated rings. The molecular weight excluding hydrogens is 220 g/mol. The number of hydrogen-bond donors (Lipinski definition) is 1. The van der Waals surface area contributed by atoms with E-state index >= 15 is 0 Å². The Morgan fingerprint density at radius 2 is 2.35 bits per heavy atom. The van der Waals surface area contributed by atoms with Crippen molar-refractivity contribution in [1.82, 2.24) is 25.0 Å². The molecule has 0 saturated heterocycles. The number of hydrogen-bond acceptors (Lipinski definition) is 6. The van der Waals surface area contributed by atoms with Crippen LogP contribution in [0.1, 0.15) is 19.3 Å². The van der Waals surface area contributed by atoms with Gasteiger partial charge < -0.3 is 10.1 Å². The molecular formula is C10H14N6O. The van der Waals surface area contributed by atoms with E-state index in [1.807, 2.05) is 0 Å². The fraction of sp³-hybridized carbons (Fsp3) is 0.600. The van der Waals surface area contributed by atoms with Crippen LogP contribution in [-0.2, 0) is 4.74 Å². The molecule has 0 radical (unpaired) electrons. The van der Waals surface area contributed by atoms with Crippen molar-refractivity contribution in [3.63, 3.8) is 0 Å². The van der Waals surface area contributed by atoms with Crippen molar-refractivity contribution >= 4 is 11.5 Å². The summed E-state index contributed by atoms with van der Waals surface area (Å²) in [7, 11) is 1.75. The van der Waals surface area contributed by atoms with Crippen molar-refractivity contribution in [3.05, 3.63) is 12.4 Å². The molecule has 0 aliphatic heterocycles. The molecule has 3 rings (SSSR count). The topological polar surface area (TPSA) is 77.2 Å². The van der Waals surface area contributed by atoms with Gasteiger partial charge in [-0.3, -0.25) is 4.98 Å². The molecule has 2 aromatic rings. The Bertz CT molecular complexity index is 512. The Balaban J connectivity index is 1.87. The number of nitrogens with zero attached hydrogens (tertiary/aromatic N) is 5. The molecule has 7 heteroatoms. The Morgan fingerprint density at radius 3 is 3.24 bits per heavy atom. The summed E-state index contributed by atoms with van der Waals surface area (Å²) in [4.78, 5) is 4.11. The molecule has 2 atom stereocenters. The minimum Gasteiger partial charge on any atom is -0.379 e. The maximum atomic E-state index is 5.45. The highest BCUT2D eigenvalue weighted by atomic mass is 16.5. The van der Waals surface area contributed by atoms with E-state index in [2.05, 4.69) is 25.8 Å². The van der Waals surface area contributed by atoms with Crippen molar-refractivity contribution in [1.29, 1.82) is 0 Å². The van der Waals surface area contributed by atoms with Gasteiger partial charge in [0.05, 0.1) is 24.5 Å². The predicted molar refractivity (Wildman–Crippen MR) is 60.6 cm³/mol. The maximum absolute atomic E-state index is 5.45. The lowest BCUT2D eigenvalue weighted by atomic mass is 10.2. The summed E-state index contributed by atoms with van der Waals surface area (Å²) in [5.74, 6) is 0.807. The Labute approximate surface area is 98.2 Å². The van der Waals surface area contributed by atoms with Gasteiger partial charge >= 0.3 is 0 Å². The molecule has 0 bridgehead atoms. The highest BCUT2D eigenvalue weighted by Gasteiger charge is 2.27. The van der Waals surface area contributed by atoms with E-state index < -0.39 is 0 Å². The lowest BCUT2D eigenvalue weighted by Crippen LogP contribution is -2.30. The number of nitrogens with one attached hydrogen (secondary N) is 1. The molecule has 2 aromatic heterocycles. The van der Waals surface area contributed by atoms with Crippen molar-refractivity contribution in [2.24, 2.45) is 0 Å². The lowest BCUT2D eigenvalue weighted by Gasteiger charge is -2.20. The van der Waals surface area contributed by atoms with Crippen molar-refractivity contribution < 1.29 is 4.74 Å². The molecule has 0 amide bonds. The minimum absolute atomic E-state index is 0.252. The molecule has 17 heavy (non-hydrogen) atoms. The zero-order valence-electron chi connectivity index (χ0n) is 9.58. The Kier molecular flexibility index (Phi) is 2.60. The summed E-state index contributed by atoms with van der Waals surface area (Å²) < 4.78 is 7.10. The van der Waals surface area contributed by atoms with Crippen LogP contribution in [0, 0.1) is 0 Å². The van der Waals surface area contributed by atoms with Gasteiger partial charge in [-0.25, -0.2) is 0 Å². The second-order valence-electron chi connectivity index (χ2n) is 4.20. The van der Waals surface area contributed by atoms with E-state index in [1.165, 1.54) is 6.42 Å². The molecule has 1 N–H and O–H groups in total. The van der Waals surface area contributed by atoms with Crippen LogP contribution >= 0.6 is 0 Å². The molecule has 7 nitrogen and oxygen atoms in total. The van der Waals surface area contributed by atoms with Crippen LogP contribution in [0.15, 0.2) is 12.4 Å². The van der Waals surface area contributed by atoms with E-state index in [0.717, 1.165) is 18.7 Å². The van der Waals surface area contributed by atoms with E-state index in [0.29, 0.717) is 11.7 Å². The summed E-state index contributed by atoms with van der Waals surface area (Å²) in [6, 6.07) is 0.302. The molecule has 1 aliphatic rings. The van der Waals surface area contributed by atoms with Crippen LogP contribution < -0.4 is 5.32 Å². The van der Waals surface area contributed by atoms with Crippen LogP contribution in [0.4, 0.5) is 5.82 Å². The van der Waals surface area contributed by atoms with Crippen LogP contribution in [0.25, 0.3) is 5.65 Å². The first-order valence-corrected chi connectivity index (χ1v) is 5.70. The molecule has 90 valence electrons. The summed E-state index contributed by atoms with van der Waals surface area (Å²) >= 11 is 0. The van der Waals surface area contributed by atoms with Gasteiger partial charge in [-0.1, -0.05) is 0 Å². The third-order valence-corrected chi connectivity index (χ3v) is 3.20. The standard InChI is InChI=1S/C10H14N6O/c1-17-8-4-2-3-7(8)12-9-5-11-6-10-13-14-15-16(9)10/h5-8,12H,2-4H2,1H3. The van der Waals surface area contributed by atoms with E-state index in [-0.39, 0.29) is 6.10 Å². The van der Waals surface area contributed by atoms with E-state index in [4.69, 9.17) is 4.74 Å². The predicted octanol–water partition coefficient (Wildman–Crippen LogP) is 0.499. The number of ether oxygens (including phenoxy) is 1. The maximum Gasteiger partial charge on any atom is 0.199 e. The third kappa shape index (κ3) is 1.82. The molecule has 1 aliphatic carbocycles. The van der Waals surface area contributed by atoms with Gasteiger partial charge in [-0.15, -0.1) is 5.10 Å². The highest BCUT2D eigenvalue weighted by Crippen LogP contribution is 2.24. The van der Waals surface area contributed by atoms with Gasteiger partial charge in [0.1, 0.15) is 0 Å². The van der Waals surface area contributed by atoms with Gasteiger partial charge in [-0.2, -0.15) is 4.52 Å². The Morgan fingerprint density at radius 1 is 1.41 bits per heavy atom. The van der Waals surface area contributed by atoms with Crippen molar-refractivity contribution in [3.8, 4) is 0 Å². The number of methoxy groups -OCH3 is 1. The van der Waals surface area contributed by atoms with Gasteiger partial charge in [0.2, 0.25) is 0 Å². The summed E-state index contributed by atoms with van der Waals surface area (Å²) in [6.07, 6.45) is 6.98. The van der Waals surface area contributed by atoms with Gasteiger partial charge in [0, 0.05) is 7.11 Å². The zero-order valence-corrected chi connectivity index (χ0v) is 9.58.